The number of aliphatic hydroxyl groups excluding tert-OH is 1. The summed E-state index contributed by atoms with van der Waals surface area (Å²) in [5.41, 5.74) is 1.62. The van der Waals surface area contributed by atoms with Crippen LogP contribution in [0.5, 0.6) is 0 Å². The lowest BCUT2D eigenvalue weighted by molar-refractivity contribution is -0.242. The van der Waals surface area contributed by atoms with Crippen molar-refractivity contribution in [2.45, 2.75) is 31.7 Å². The Bertz CT molecular complexity index is 736. The topological polar surface area (TPSA) is 67.6 Å². The van der Waals surface area contributed by atoms with Gasteiger partial charge in [0.25, 0.3) is 0 Å². The number of hydrogen-bond acceptors (Lipinski definition) is 5. The first-order valence-electron chi connectivity index (χ1n) is 7.51. The third-order valence-electron chi connectivity index (χ3n) is 4.04. The van der Waals surface area contributed by atoms with E-state index in [0.29, 0.717) is 18.7 Å². The molecule has 3 rings (SSSR count). The molecule has 2 aromatic rings. The molecular weight excluding hydrogens is 327 g/mol. The van der Waals surface area contributed by atoms with Gasteiger partial charge in [0.2, 0.25) is 0 Å². The van der Waals surface area contributed by atoms with Crippen molar-refractivity contribution in [3.05, 3.63) is 30.1 Å². The first-order valence-corrected chi connectivity index (χ1v) is 7.51. The number of hydrogen-bond donors (Lipinski definition) is 1. The lowest BCUT2D eigenvalue weighted by Crippen LogP contribution is -2.40. The fourth-order valence-corrected chi connectivity index (χ4v) is 2.97. The van der Waals surface area contributed by atoms with Gasteiger partial charge in [0, 0.05) is 19.1 Å². The molecule has 6 nitrogen and oxygen atoms in total. The summed E-state index contributed by atoms with van der Waals surface area (Å²) in [4.78, 5) is 19.6. The molecule has 24 heavy (non-hydrogen) atoms. The maximum Gasteiger partial charge on any atom is 0.492 e. The molecule has 130 valence electrons. The van der Waals surface area contributed by atoms with Crippen LogP contribution >= 0.6 is 0 Å². The van der Waals surface area contributed by atoms with E-state index in [9.17, 15) is 23.1 Å². The van der Waals surface area contributed by atoms with Crippen LogP contribution < -0.4 is 0 Å². The number of carbonyl (C=O) groups excluding carboxylic acids is 1. The average molecular weight is 343 g/mol. The summed E-state index contributed by atoms with van der Waals surface area (Å²) < 4.78 is 38.6. The van der Waals surface area contributed by atoms with Crippen molar-refractivity contribution >= 4 is 17.0 Å². The second-order valence-corrected chi connectivity index (χ2v) is 5.58. The Morgan fingerprint density at radius 3 is 2.58 bits per heavy atom. The van der Waals surface area contributed by atoms with Gasteiger partial charge in [0.05, 0.1) is 11.0 Å². The van der Waals surface area contributed by atoms with Crippen LogP contribution in [0.3, 0.4) is 0 Å². The number of alkyl halides is 3. The summed E-state index contributed by atoms with van der Waals surface area (Å²) in [6, 6.07) is 7.41. The number of benzene rings is 1. The summed E-state index contributed by atoms with van der Waals surface area (Å²) in [7, 11) is 0. The molecule has 0 unspecified atom stereocenters. The van der Waals surface area contributed by atoms with Gasteiger partial charge in [0.15, 0.2) is 0 Å². The first kappa shape index (κ1) is 16.7. The van der Waals surface area contributed by atoms with Crippen molar-refractivity contribution in [2.24, 2.45) is 0 Å². The van der Waals surface area contributed by atoms with Crippen LogP contribution in [-0.2, 0) is 16.2 Å². The Morgan fingerprint density at radius 1 is 1.29 bits per heavy atom. The van der Waals surface area contributed by atoms with Crippen LogP contribution in [-0.4, -0.2) is 45.0 Å². The molecule has 1 saturated heterocycles. The van der Waals surface area contributed by atoms with E-state index >= 15 is 0 Å². The highest BCUT2D eigenvalue weighted by molar-refractivity contribution is 5.76. The van der Waals surface area contributed by atoms with Crippen molar-refractivity contribution < 1.29 is 27.9 Å². The molecule has 1 aliphatic heterocycles. The highest BCUT2D eigenvalue weighted by Gasteiger charge is 2.43. The number of carbonyl (C=O) groups is 1. The van der Waals surface area contributed by atoms with E-state index in [1.165, 1.54) is 0 Å². The minimum absolute atomic E-state index is 0.0274. The number of piperidine rings is 1. The van der Waals surface area contributed by atoms with E-state index in [4.69, 9.17) is 0 Å². The number of nitrogens with zero attached hydrogens (tertiary/aromatic N) is 3. The van der Waals surface area contributed by atoms with Crippen LogP contribution in [0.2, 0.25) is 0 Å². The normalized spacial score (nSPS) is 17.3. The Morgan fingerprint density at radius 2 is 1.96 bits per heavy atom. The molecule has 0 saturated carbocycles. The highest BCUT2D eigenvalue weighted by Crippen LogP contribution is 2.29. The van der Waals surface area contributed by atoms with Crippen molar-refractivity contribution in [3.8, 4) is 0 Å². The molecule has 0 amide bonds. The minimum Gasteiger partial charge on any atom is -0.388 e. The summed E-state index contributed by atoms with van der Waals surface area (Å²) in [6.07, 6.45) is -4.03. The van der Waals surface area contributed by atoms with Crippen LogP contribution in [0.25, 0.3) is 11.0 Å². The summed E-state index contributed by atoms with van der Waals surface area (Å²) >= 11 is 0. The molecule has 0 aliphatic carbocycles. The third kappa shape index (κ3) is 3.22. The minimum atomic E-state index is -5.00. The lowest BCUT2D eigenvalue weighted by atomic mass is 10.1. The van der Waals surface area contributed by atoms with Crippen LogP contribution in [0.15, 0.2) is 24.3 Å². The van der Waals surface area contributed by atoms with Gasteiger partial charge in [-0.05, 0) is 25.0 Å². The Kier molecular flexibility index (Phi) is 4.46. The van der Waals surface area contributed by atoms with E-state index in [1.807, 2.05) is 28.8 Å². The summed E-state index contributed by atoms with van der Waals surface area (Å²) in [5.74, 6) is -1.69. The number of halogens is 3. The summed E-state index contributed by atoms with van der Waals surface area (Å²) in [5, 5.41) is 10.6. The quantitative estimate of drug-likeness (QED) is 0.925. The van der Waals surface area contributed by atoms with Crippen LogP contribution in [0.1, 0.15) is 24.7 Å². The zero-order valence-corrected chi connectivity index (χ0v) is 12.7. The molecular formula is C15H16F3N3O3. The molecule has 1 aliphatic rings. The molecule has 0 radical (unpaired) electrons. The molecule has 1 aromatic heterocycles. The van der Waals surface area contributed by atoms with E-state index in [1.54, 1.807) is 0 Å². The molecule has 0 spiro atoms. The van der Waals surface area contributed by atoms with E-state index < -0.39 is 12.1 Å². The fraction of sp³-hybridized carbons (Fsp3) is 0.467. The SMILES string of the molecule is O=C(ON1CCC(n2c(CO)nc3ccccc32)CC1)C(F)(F)F. The largest absolute Gasteiger partial charge is 0.492 e. The number of imidazole rings is 1. The molecule has 1 fully saturated rings. The molecule has 1 N–H and O–H groups in total. The number of rotatable bonds is 3. The smallest absolute Gasteiger partial charge is 0.388 e. The molecule has 0 bridgehead atoms. The Balaban J connectivity index is 1.72. The standard InChI is InChI=1S/C15H16F3N3O3/c16-15(17,18)14(23)24-20-7-5-10(6-8-20)21-12-4-2-1-3-11(12)19-13(21)9-22/h1-4,10,22H,5-9H2. The maximum atomic E-state index is 12.2. The van der Waals surface area contributed by atoms with Crippen molar-refractivity contribution in [1.29, 1.82) is 0 Å². The van der Waals surface area contributed by atoms with Crippen molar-refractivity contribution in [2.75, 3.05) is 13.1 Å². The van der Waals surface area contributed by atoms with Gasteiger partial charge in [-0.15, -0.1) is 5.06 Å². The maximum absolute atomic E-state index is 12.2. The van der Waals surface area contributed by atoms with Gasteiger partial charge < -0.3 is 14.5 Å². The number of para-hydroxylation sites is 2. The molecule has 2 heterocycles. The van der Waals surface area contributed by atoms with Gasteiger partial charge in [-0.25, -0.2) is 9.78 Å². The van der Waals surface area contributed by atoms with E-state index in [0.717, 1.165) is 16.1 Å². The Labute approximate surface area is 135 Å². The van der Waals surface area contributed by atoms with Gasteiger partial charge >= 0.3 is 12.1 Å². The zero-order chi connectivity index (χ0) is 17.3. The third-order valence-corrected chi connectivity index (χ3v) is 4.04. The second-order valence-electron chi connectivity index (χ2n) is 5.58. The van der Waals surface area contributed by atoms with Gasteiger partial charge in [-0.1, -0.05) is 12.1 Å². The lowest BCUT2D eigenvalue weighted by Gasteiger charge is -2.32. The van der Waals surface area contributed by atoms with Crippen LogP contribution in [0.4, 0.5) is 13.2 Å². The van der Waals surface area contributed by atoms with E-state index in [2.05, 4.69) is 9.82 Å². The number of aliphatic hydroxyl groups is 1. The molecule has 9 heteroatoms. The van der Waals surface area contributed by atoms with E-state index in [-0.39, 0.29) is 25.7 Å². The number of aromatic nitrogens is 2. The van der Waals surface area contributed by atoms with Gasteiger partial charge in [-0.3, -0.25) is 0 Å². The summed E-state index contributed by atoms with van der Waals surface area (Å²) in [6.45, 7) is 0.145. The predicted octanol–water partition coefficient (Wildman–Crippen LogP) is 2.19. The Hall–Kier alpha value is -2.13. The fourth-order valence-electron chi connectivity index (χ4n) is 2.97. The predicted molar refractivity (Wildman–Crippen MR) is 77.6 cm³/mol. The second kappa shape index (κ2) is 6.40. The first-order chi connectivity index (χ1) is 11.4. The zero-order valence-electron chi connectivity index (χ0n) is 12.7. The number of fused-ring (bicyclic) bond motifs is 1. The monoisotopic (exact) mass is 343 g/mol. The van der Waals surface area contributed by atoms with Crippen molar-refractivity contribution in [1.82, 2.24) is 14.6 Å². The molecule has 1 aromatic carbocycles. The average Bonchev–Trinajstić information content (AvgIpc) is 2.93. The highest BCUT2D eigenvalue weighted by atomic mass is 19.4. The van der Waals surface area contributed by atoms with Crippen molar-refractivity contribution in [3.63, 3.8) is 0 Å². The molecule has 0 atom stereocenters. The number of hydroxylamine groups is 2. The van der Waals surface area contributed by atoms with Crippen LogP contribution in [0, 0.1) is 0 Å². The van der Waals surface area contributed by atoms with Gasteiger partial charge in [0.1, 0.15) is 12.4 Å². The van der Waals surface area contributed by atoms with Gasteiger partial charge in [-0.2, -0.15) is 13.2 Å².